The number of aromatic nitrogens is 1. The van der Waals surface area contributed by atoms with E-state index < -0.39 is 11.8 Å². The number of Topliss-reactive ketones (excluding diaryl/α,β-unsaturated/α-hetero) is 1. The van der Waals surface area contributed by atoms with Crippen molar-refractivity contribution in [1.82, 2.24) is 4.98 Å². The molecule has 31 heavy (non-hydrogen) atoms. The van der Waals surface area contributed by atoms with Crippen molar-refractivity contribution in [3.63, 3.8) is 0 Å². The first-order chi connectivity index (χ1) is 15.0. The lowest BCUT2D eigenvalue weighted by molar-refractivity contribution is -0.146. The Morgan fingerprint density at radius 1 is 1.16 bits per heavy atom. The Hall–Kier alpha value is -3.28. The van der Waals surface area contributed by atoms with E-state index in [0.29, 0.717) is 24.1 Å². The molecule has 6 nitrogen and oxygen atoms in total. The zero-order valence-corrected chi connectivity index (χ0v) is 18.0. The van der Waals surface area contributed by atoms with Crippen LogP contribution < -0.4 is 4.74 Å². The number of ether oxygens (including phenoxy) is 2. The van der Waals surface area contributed by atoms with Crippen LogP contribution in [0.25, 0.3) is 0 Å². The van der Waals surface area contributed by atoms with E-state index in [2.05, 4.69) is 4.98 Å². The molecule has 2 heterocycles. The van der Waals surface area contributed by atoms with E-state index in [-0.39, 0.29) is 24.3 Å². The van der Waals surface area contributed by atoms with Crippen molar-refractivity contribution in [2.45, 2.75) is 38.5 Å². The molecule has 1 aromatic carbocycles. The van der Waals surface area contributed by atoms with Crippen LogP contribution in [-0.2, 0) is 14.3 Å². The van der Waals surface area contributed by atoms with Crippen LogP contribution in [0.4, 0.5) is 0 Å². The van der Waals surface area contributed by atoms with Gasteiger partial charge in [0, 0.05) is 41.7 Å². The summed E-state index contributed by atoms with van der Waals surface area (Å²) in [5.74, 6) is -0.602. The Labute approximate surface area is 182 Å². The first-order valence-corrected chi connectivity index (χ1v) is 10.5. The molecule has 0 fully saturated rings. The van der Waals surface area contributed by atoms with E-state index in [1.54, 1.807) is 26.4 Å². The number of methoxy groups -OCH3 is 1. The van der Waals surface area contributed by atoms with Gasteiger partial charge in [0.1, 0.15) is 11.7 Å². The lowest BCUT2D eigenvalue weighted by Crippen LogP contribution is -2.38. The summed E-state index contributed by atoms with van der Waals surface area (Å²) < 4.78 is 10.7. The van der Waals surface area contributed by atoms with Crippen LogP contribution in [0.1, 0.15) is 49.7 Å². The second-order valence-electron chi connectivity index (χ2n) is 7.91. The number of hydrogen-bond acceptors (Lipinski definition) is 6. The number of benzene rings is 1. The van der Waals surface area contributed by atoms with Crippen molar-refractivity contribution in [2.24, 2.45) is 10.9 Å². The second-order valence-corrected chi connectivity index (χ2v) is 7.91. The molecule has 0 saturated heterocycles. The van der Waals surface area contributed by atoms with Gasteiger partial charge in [-0.25, -0.2) is 0 Å². The number of aliphatic imine (C=N–C) groups is 1. The topological polar surface area (TPSA) is 77.8 Å². The molecule has 2 aromatic rings. The molecule has 1 aliphatic carbocycles. The number of hydrogen-bond donors (Lipinski definition) is 0. The van der Waals surface area contributed by atoms with E-state index in [0.717, 1.165) is 22.6 Å². The van der Waals surface area contributed by atoms with Gasteiger partial charge in [0.2, 0.25) is 0 Å². The summed E-state index contributed by atoms with van der Waals surface area (Å²) in [5.41, 5.74) is 3.94. The van der Waals surface area contributed by atoms with E-state index in [9.17, 15) is 9.59 Å². The molecule has 6 heteroatoms. The lowest BCUT2D eigenvalue weighted by Gasteiger charge is -2.36. The number of carbonyl (C=O) groups excluding carboxylic acids is 2. The normalized spacial score (nSPS) is 23.1. The minimum absolute atomic E-state index is 0.0200. The van der Waals surface area contributed by atoms with Gasteiger partial charge in [0.15, 0.2) is 5.78 Å². The van der Waals surface area contributed by atoms with Crippen LogP contribution >= 0.6 is 0 Å². The van der Waals surface area contributed by atoms with E-state index in [1.807, 2.05) is 43.3 Å². The standard InChI is InChI=1S/C25H26N2O4/c1-4-31-25(29)22-15(2)27-20-12-18(16-7-5-9-19(11-16)30-3)13-21(28)24(20)23(22)17-8-6-10-26-14-17/h5-11,14,18,22-23H,4,12-13H2,1-3H3/t18-,22?,23-/m0/s1. The van der Waals surface area contributed by atoms with Gasteiger partial charge >= 0.3 is 5.97 Å². The maximum atomic E-state index is 13.5. The van der Waals surface area contributed by atoms with Crippen molar-refractivity contribution in [3.8, 4) is 5.75 Å². The highest BCUT2D eigenvalue weighted by Crippen LogP contribution is 2.46. The van der Waals surface area contributed by atoms with Crippen LogP contribution in [0.3, 0.4) is 0 Å². The molecule has 160 valence electrons. The fourth-order valence-electron chi connectivity index (χ4n) is 4.65. The van der Waals surface area contributed by atoms with Gasteiger partial charge in [-0.15, -0.1) is 0 Å². The van der Waals surface area contributed by atoms with Crippen molar-refractivity contribution in [1.29, 1.82) is 0 Å². The van der Waals surface area contributed by atoms with Gasteiger partial charge in [-0.05, 0) is 55.5 Å². The fourth-order valence-corrected chi connectivity index (χ4v) is 4.65. The zero-order valence-electron chi connectivity index (χ0n) is 18.0. The van der Waals surface area contributed by atoms with Crippen LogP contribution in [0.2, 0.25) is 0 Å². The van der Waals surface area contributed by atoms with Gasteiger partial charge < -0.3 is 9.47 Å². The Morgan fingerprint density at radius 2 is 1.97 bits per heavy atom. The molecule has 0 N–H and O–H groups in total. The average molecular weight is 418 g/mol. The highest BCUT2D eigenvalue weighted by molar-refractivity contribution is 6.09. The summed E-state index contributed by atoms with van der Waals surface area (Å²) >= 11 is 0. The summed E-state index contributed by atoms with van der Waals surface area (Å²) in [5, 5.41) is 0. The van der Waals surface area contributed by atoms with Crippen LogP contribution in [0, 0.1) is 5.92 Å². The number of rotatable bonds is 5. The van der Waals surface area contributed by atoms with Crippen molar-refractivity contribution >= 4 is 17.5 Å². The third-order valence-electron chi connectivity index (χ3n) is 6.04. The molecule has 0 bridgehead atoms. The molecular formula is C25H26N2O4. The van der Waals surface area contributed by atoms with Crippen LogP contribution in [0.5, 0.6) is 5.75 Å². The third kappa shape index (κ3) is 4.02. The van der Waals surface area contributed by atoms with Gasteiger partial charge in [-0.3, -0.25) is 19.6 Å². The summed E-state index contributed by atoms with van der Waals surface area (Å²) in [6.45, 7) is 3.90. The molecule has 0 radical (unpaired) electrons. The largest absolute Gasteiger partial charge is 0.497 e. The maximum Gasteiger partial charge on any atom is 0.315 e. The summed E-state index contributed by atoms with van der Waals surface area (Å²) in [7, 11) is 1.63. The quantitative estimate of drug-likeness (QED) is 0.679. The molecular weight excluding hydrogens is 392 g/mol. The van der Waals surface area contributed by atoms with Crippen molar-refractivity contribution in [2.75, 3.05) is 13.7 Å². The van der Waals surface area contributed by atoms with Gasteiger partial charge in [0.25, 0.3) is 0 Å². The first kappa shape index (κ1) is 21.0. The summed E-state index contributed by atoms with van der Waals surface area (Å²) in [6, 6.07) is 11.6. The Kier molecular flexibility index (Phi) is 5.98. The Bertz CT molecular complexity index is 1060. The summed E-state index contributed by atoms with van der Waals surface area (Å²) in [6.07, 6.45) is 4.41. The number of nitrogens with zero attached hydrogens (tertiary/aromatic N) is 2. The molecule has 0 saturated carbocycles. The summed E-state index contributed by atoms with van der Waals surface area (Å²) in [4.78, 5) is 35.3. The molecule has 1 unspecified atom stereocenters. The molecule has 1 aliphatic heterocycles. The fraction of sp³-hybridized carbons (Fsp3) is 0.360. The predicted molar refractivity (Wildman–Crippen MR) is 117 cm³/mol. The monoisotopic (exact) mass is 418 g/mol. The molecule has 2 aliphatic rings. The molecule has 0 spiro atoms. The van der Waals surface area contributed by atoms with Crippen molar-refractivity contribution in [3.05, 3.63) is 71.2 Å². The van der Waals surface area contributed by atoms with Crippen LogP contribution in [0.15, 0.2) is 65.1 Å². The predicted octanol–water partition coefficient (Wildman–Crippen LogP) is 4.23. The number of allylic oxidation sites excluding steroid dienone is 2. The maximum absolute atomic E-state index is 13.5. The van der Waals surface area contributed by atoms with Gasteiger partial charge in [-0.2, -0.15) is 0 Å². The van der Waals surface area contributed by atoms with E-state index >= 15 is 0 Å². The zero-order chi connectivity index (χ0) is 22.0. The Balaban J connectivity index is 1.77. The molecule has 4 rings (SSSR count). The SMILES string of the molecule is CCOC(=O)C1C(C)=NC2=C(C(=O)C[C@@H](c3cccc(OC)c3)C2)[C@H]1c1cccnc1. The first-order valence-electron chi connectivity index (χ1n) is 10.5. The lowest BCUT2D eigenvalue weighted by atomic mass is 9.69. The Morgan fingerprint density at radius 3 is 2.68 bits per heavy atom. The average Bonchev–Trinajstić information content (AvgIpc) is 2.78. The minimum Gasteiger partial charge on any atom is -0.497 e. The number of pyridine rings is 1. The number of ketones is 1. The molecule has 0 amide bonds. The molecule has 3 atom stereocenters. The third-order valence-corrected chi connectivity index (χ3v) is 6.04. The smallest absolute Gasteiger partial charge is 0.315 e. The van der Waals surface area contributed by atoms with Crippen LogP contribution in [-0.4, -0.2) is 36.2 Å². The highest BCUT2D eigenvalue weighted by atomic mass is 16.5. The highest BCUT2D eigenvalue weighted by Gasteiger charge is 2.44. The number of carbonyl (C=O) groups is 2. The van der Waals surface area contributed by atoms with Gasteiger partial charge in [0.05, 0.1) is 13.7 Å². The van der Waals surface area contributed by atoms with E-state index in [4.69, 9.17) is 14.5 Å². The minimum atomic E-state index is -0.625. The van der Waals surface area contributed by atoms with E-state index in [1.165, 1.54) is 0 Å². The molecule has 1 aromatic heterocycles. The van der Waals surface area contributed by atoms with Crippen molar-refractivity contribution < 1.29 is 19.1 Å². The van der Waals surface area contributed by atoms with Gasteiger partial charge in [-0.1, -0.05) is 18.2 Å². The second kappa shape index (κ2) is 8.84. The number of esters is 1.